The lowest BCUT2D eigenvalue weighted by Gasteiger charge is -2.41. The SMILES string of the molecule is Cc1cccc(C)c1C1CC2NC(N1)NS(=O)(=O)C1CCCC(C1)CN(CC(C)(C)O)[C@H](CC(C)C)CO2. The molecule has 1 aromatic rings. The molecule has 2 saturated heterocycles. The molecule has 1 aliphatic carbocycles. The summed E-state index contributed by atoms with van der Waals surface area (Å²) in [7, 11) is -3.55. The van der Waals surface area contributed by atoms with Crippen LogP contribution in [0.4, 0.5) is 0 Å². The van der Waals surface area contributed by atoms with Gasteiger partial charge in [0.25, 0.3) is 0 Å². The first-order valence-electron chi connectivity index (χ1n) is 14.5. The minimum atomic E-state index is -3.55. The number of sulfonamides is 1. The molecule has 4 N–H and O–H groups in total. The number of fused-ring (bicyclic) bond motifs is 4. The van der Waals surface area contributed by atoms with Crippen molar-refractivity contribution in [3.63, 3.8) is 0 Å². The second-order valence-corrected chi connectivity index (χ2v) is 15.0. The van der Waals surface area contributed by atoms with Crippen LogP contribution in [0.2, 0.25) is 0 Å². The summed E-state index contributed by atoms with van der Waals surface area (Å²) in [5.41, 5.74) is 2.73. The van der Waals surface area contributed by atoms with Crippen LogP contribution in [0.3, 0.4) is 0 Å². The average molecular weight is 551 g/mol. The molecule has 0 amide bonds. The Bertz CT molecular complexity index is 1020. The van der Waals surface area contributed by atoms with E-state index in [-0.39, 0.29) is 24.2 Å². The number of aryl methyl sites for hydroxylation is 2. The van der Waals surface area contributed by atoms with Gasteiger partial charge in [-0.2, -0.15) is 4.72 Å². The van der Waals surface area contributed by atoms with E-state index >= 15 is 0 Å². The second-order valence-electron chi connectivity index (χ2n) is 13.0. The minimum absolute atomic E-state index is 0.0459. The Labute approximate surface area is 230 Å². The zero-order valence-electron chi connectivity index (χ0n) is 24.2. The molecule has 1 aromatic carbocycles. The van der Waals surface area contributed by atoms with Gasteiger partial charge in [0, 0.05) is 31.6 Å². The molecule has 38 heavy (non-hydrogen) atoms. The molecule has 0 radical (unpaired) electrons. The maximum atomic E-state index is 13.6. The predicted octanol–water partition coefficient (Wildman–Crippen LogP) is 3.53. The van der Waals surface area contributed by atoms with Gasteiger partial charge in [-0.15, -0.1) is 0 Å². The molecule has 0 spiro atoms. The molecule has 2 aliphatic heterocycles. The Morgan fingerprint density at radius 1 is 1.13 bits per heavy atom. The van der Waals surface area contributed by atoms with Crippen LogP contribution in [0.5, 0.6) is 0 Å². The van der Waals surface area contributed by atoms with Crippen molar-refractivity contribution in [3.8, 4) is 0 Å². The van der Waals surface area contributed by atoms with Gasteiger partial charge in [-0.3, -0.25) is 15.5 Å². The van der Waals surface area contributed by atoms with E-state index in [1.54, 1.807) is 0 Å². The van der Waals surface area contributed by atoms with Gasteiger partial charge in [-0.25, -0.2) is 8.42 Å². The van der Waals surface area contributed by atoms with E-state index in [9.17, 15) is 13.5 Å². The van der Waals surface area contributed by atoms with E-state index in [4.69, 9.17) is 4.74 Å². The largest absolute Gasteiger partial charge is 0.389 e. The Morgan fingerprint density at radius 3 is 2.50 bits per heavy atom. The number of hydrogen-bond donors (Lipinski definition) is 4. The number of rotatable bonds is 5. The predicted molar refractivity (Wildman–Crippen MR) is 152 cm³/mol. The van der Waals surface area contributed by atoms with Gasteiger partial charge >= 0.3 is 0 Å². The summed E-state index contributed by atoms with van der Waals surface area (Å²) in [6.45, 7) is 14.2. The highest BCUT2D eigenvalue weighted by molar-refractivity contribution is 7.90. The topological polar surface area (TPSA) is 103 Å². The highest BCUT2D eigenvalue weighted by Crippen LogP contribution is 2.33. The van der Waals surface area contributed by atoms with Crippen molar-refractivity contribution in [2.75, 3.05) is 19.7 Å². The second kappa shape index (κ2) is 12.2. The van der Waals surface area contributed by atoms with Gasteiger partial charge < -0.3 is 9.84 Å². The van der Waals surface area contributed by atoms with Crippen LogP contribution in [0, 0.1) is 25.7 Å². The summed E-state index contributed by atoms with van der Waals surface area (Å²) in [4.78, 5) is 2.38. The highest BCUT2D eigenvalue weighted by atomic mass is 32.2. The number of β-amino-alcohol motifs (C(OH)–C–C–N with tert-alkyl or cyclic N) is 1. The minimum Gasteiger partial charge on any atom is -0.389 e. The smallest absolute Gasteiger partial charge is 0.216 e. The van der Waals surface area contributed by atoms with Crippen molar-refractivity contribution < 1.29 is 18.3 Å². The summed E-state index contributed by atoms with van der Waals surface area (Å²) in [5, 5.41) is 17.3. The molecule has 3 aliphatic rings. The summed E-state index contributed by atoms with van der Waals surface area (Å²) >= 11 is 0. The molecule has 3 fully saturated rings. The third kappa shape index (κ3) is 7.77. The standard InChI is InChI=1S/C29H50N4O4S/c1-19(2)13-23-17-37-26-15-25(27-20(3)9-7-10-21(27)4)30-28(31-26)32-38(35,36)24-12-8-11-22(14-24)16-33(23)18-29(5,6)34/h7,9-10,19,22-26,28,30-32,34H,8,11-18H2,1-6H3/t22?,23-,24?,25?,26?,28?/m1/s1. The van der Waals surface area contributed by atoms with Crippen molar-refractivity contribution in [2.24, 2.45) is 11.8 Å². The van der Waals surface area contributed by atoms with E-state index in [1.165, 1.54) is 16.7 Å². The van der Waals surface area contributed by atoms with Gasteiger partial charge in [0.05, 0.1) is 17.5 Å². The summed E-state index contributed by atoms with van der Waals surface area (Å²) in [5.74, 6) is 0.742. The summed E-state index contributed by atoms with van der Waals surface area (Å²) < 4.78 is 36.8. The van der Waals surface area contributed by atoms with Gasteiger partial charge in [-0.05, 0) is 81.9 Å². The molecule has 8 nitrogen and oxygen atoms in total. The van der Waals surface area contributed by atoms with E-state index in [0.717, 1.165) is 25.8 Å². The van der Waals surface area contributed by atoms with Crippen LogP contribution in [-0.2, 0) is 14.8 Å². The lowest BCUT2D eigenvalue weighted by atomic mass is 9.87. The Kier molecular flexibility index (Phi) is 9.60. The van der Waals surface area contributed by atoms with Gasteiger partial charge in [-0.1, -0.05) is 38.5 Å². The van der Waals surface area contributed by atoms with Crippen LogP contribution >= 0.6 is 0 Å². The number of hydrogen-bond acceptors (Lipinski definition) is 7. The van der Waals surface area contributed by atoms with Gasteiger partial charge in [0.2, 0.25) is 10.0 Å². The fourth-order valence-corrected chi connectivity index (χ4v) is 8.42. The van der Waals surface area contributed by atoms with Gasteiger partial charge in [0.15, 0.2) is 0 Å². The van der Waals surface area contributed by atoms with Crippen LogP contribution in [-0.4, -0.2) is 67.5 Å². The van der Waals surface area contributed by atoms with Gasteiger partial charge in [0.1, 0.15) is 12.5 Å². The molecular weight excluding hydrogens is 500 g/mol. The van der Waals surface area contributed by atoms with Crippen molar-refractivity contribution >= 4 is 10.0 Å². The van der Waals surface area contributed by atoms with E-state index in [1.807, 2.05) is 13.8 Å². The highest BCUT2D eigenvalue weighted by Gasteiger charge is 2.39. The number of nitrogens with one attached hydrogen (secondary N) is 3. The Balaban J connectivity index is 1.68. The zero-order chi connectivity index (χ0) is 27.7. The average Bonchev–Trinajstić information content (AvgIpc) is 2.80. The first kappa shape index (κ1) is 29.9. The maximum absolute atomic E-state index is 13.6. The molecule has 2 heterocycles. The van der Waals surface area contributed by atoms with Crippen LogP contribution < -0.4 is 15.4 Å². The Morgan fingerprint density at radius 2 is 1.84 bits per heavy atom. The lowest BCUT2D eigenvalue weighted by Crippen LogP contribution is -2.64. The molecule has 9 heteroatoms. The van der Waals surface area contributed by atoms with Crippen molar-refractivity contribution in [2.45, 2.75) is 116 Å². The number of benzene rings is 1. The number of aliphatic hydroxyl groups is 1. The summed E-state index contributed by atoms with van der Waals surface area (Å²) in [6.07, 6.45) is 3.96. The zero-order valence-corrected chi connectivity index (χ0v) is 25.0. The van der Waals surface area contributed by atoms with Crippen LogP contribution in [0.25, 0.3) is 0 Å². The molecule has 1 saturated carbocycles. The first-order chi connectivity index (χ1) is 17.8. The van der Waals surface area contributed by atoms with E-state index < -0.39 is 27.2 Å². The maximum Gasteiger partial charge on any atom is 0.216 e. The van der Waals surface area contributed by atoms with E-state index in [0.29, 0.717) is 38.3 Å². The summed E-state index contributed by atoms with van der Waals surface area (Å²) in [6, 6.07) is 6.38. The quantitative estimate of drug-likeness (QED) is 0.445. The molecule has 6 atom stereocenters. The molecule has 5 unspecified atom stereocenters. The fraction of sp³-hybridized carbons (Fsp3) is 0.793. The van der Waals surface area contributed by atoms with Crippen LogP contribution in [0.1, 0.15) is 89.0 Å². The third-order valence-corrected chi connectivity index (χ3v) is 10.2. The molecular formula is C29H50N4O4S. The van der Waals surface area contributed by atoms with Crippen LogP contribution in [0.15, 0.2) is 18.2 Å². The fourth-order valence-electron chi connectivity index (χ4n) is 6.76. The molecule has 4 rings (SSSR count). The number of nitrogens with zero attached hydrogens (tertiary/aromatic N) is 1. The number of ether oxygens (including phenoxy) is 1. The molecule has 216 valence electrons. The van der Waals surface area contributed by atoms with E-state index in [2.05, 4.69) is 66.1 Å². The first-order valence-corrected chi connectivity index (χ1v) is 16.0. The van der Waals surface area contributed by atoms with Crippen molar-refractivity contribution in [3.05, 3.63) is 34.9 Å². The molecule has 4 bridgehead atoms. The van der Waals surface area contributed by atoms with Crippen molar-refractivity contribution in [1.29, 1.82) is 0 Å². The lowest BCUT2D eigenvalue weighted by molar-refractivity contribution is -0.0603. The Hall–Kier alpha value is -1.07. The molecule has 0 aromatic heterocycles. The monoisotopic (exact) mass is 550 g/mol. The van der Waals surface area contributed by atoms with Crippen molar-refractivity contribution in [1.82, 2.24) is 20.3 Å². The normalized spacial score (nSPS) is 33.3. The third-order valence-electron chi connectivity index (χ3n) is 8.35.